The minimum atomic E-state index is -0.886. The van der Waals surface area contributed by atoms with Crippen molar-refractivity contribution in [3.63, 3.8) is 0 Å². The third kappa shape index (κ3) is 3.44. The maximum absolute atomic E-state index is 11.4. The molecule has 1 atom stereocenters. The quantitative estimate of drug-likeness (QED) is 0.649. The number of carboxylic acid groups (broad SMARTS) is 1. The van der Waals surface area contributed by atoms with E-state index in [9.17, 15) is 9.90 Å². The Bertz CT molecular complexity index is 1030. The van der Waals surface area contributed by atoms with Crippen LogP contribution in [0.25, 0.3) is 5.52 Å². The Kier molecular flexibility index (Phi) is 4.63. The summed E-state index contributed by atoms with van der Waals surface area (Å²) in [5.41, 5.74) is 4.90. The predicted molar refractivity (Wildman–Crippen MR) is 110 cm³/mol. The third-order valence-electron chi connectivity index (χ3n) is 6.80. The molecule has 2 fully saturated rings. The van der Waals surface area contributed by atoms with Gasteiger partial charge in [-0.15, -0.1) is 0 Å². The molecule has 5 nitrogen and oxygen atoms in total. The number of benzene rings is 1. The van der Waals surface area contributed by atoms with Crippen LogP contribution in [0.4, 0.5) is 0 Å². The number of carbonyl (C=O) groups is 1. The van der Waals surface area contributed by atoms with E-state index in [0.717, 1.165) is 36.9 Å². The molecule has 0 saturated heterocycles. The summed E-state index contributed by atoms with van der Waals surface area (Å²) in [6.07, 6.45) is 9.61. The smallest absolute Gasteiger partial charge is 0.335 e. The maximum Gasteiger partial charge on any atom is 0.335 e. The number of fused-ring (bicyclic) bond motifs is 1. The monoisotopic (exact) mass is 390 g/mol. The number of aliphatic hydroxyl groups excluding tert-OH is 1. The molecule has 1 aromatic carbocycles. The van der Waals surface area contributed by atoms with Crippen LogP contribution in [0.15, 0.2) is 48.9 Å². The first-order valence-corrected chi connectivity index (χ1v) is 10.6. The summed E-state index contributed by atoms with van der Waals surface area (Å²) in [5.74, 6) is 0.377. The fourth-order valence-corrected chi connectivity index (χ4v) is 4.97. The number of aromatic nitrogens is 2. The molecule has 150 valence electrons. The molecule has 0 radical (unpaired) electrons. The number of imidazole rings is 1. The minimum Gasteiger partial charge on any atom is -0.478 e. The summed E-state index contributed by atoms with van der Waals surface area (Å²) in [4.78, 5) is 15.4. The SMILES string of the molecule is O=C(O)c1ccc([C@H]2CC[C@H]([C@@H](O)c3c(C4CC4)ccc4cncn34)CC2)cc1. The molecule has 3 aromatic rings. The van der Waals surface area contributed by atoms with Crippen molar-refractivity contribution in [3.05, 3.63) is 71.3 Å². The Hall–Kier alpha value is -2.66. The van der Waals surface area contributed by atoms with Gasteiger partial charge in [0.25, 0.3) is 0 Å². The van der Waals surface area contributed by atoms with Crippen molar-refractivity contribution in [1.82, 2.24) is 9.38 Å². The fraction of sp³-hybridized carbons (Fsp3) is 0.417. The Morgan fingerprint density at radius 2 is 1.66 bits per heavy atom. The van der Waals surface area contributed by atoms with Crippen molar-refractivity contribution in [3.8, 4) is 0 Å². The molecule has 2 aliphatic carbocycles. The summed E-state index contributed by atoms with van der Waals surface area (Å²) in [6, 6.07) is 11.6. The van der Waals surface area contributed by atoms with Crippen LogP contribution in [0, 0.1) is 5.92 Å². The molecule has 5 rings (SSSR count). The average Bonchev–Trinajstić information content (AvgIpc) is 3.49. The highest BCUT2D eigenvalue weighted by Gasteiger charge is 2.34. The Labute approximate surface area is 170 Å². The van der Waals surface area contributed by atoms with E-state index in [4.69, 9.17) is 5.11 Å². The standard InChI is InChI=1S/C24H26N2O3/c27-23(22-21(17-5-6-17)12-11-20-13-25-14-26(20)22)18-7-1-15(2-8-18)16-3-9-19(10-4-16)24(28)29/h3-4,9-15,17-18,23,27H,1-2,5-8H2,(H,28,29)/t15-,18-,23-/m1/s1. The van der Waals surface area contributed by atoms with Crippen molar-refractivity contribution in [2.45, 2.75) is 56.5 Å². The van der Waals surface area contributed by atoms with Crippen LogP contribution in [0.3, 0.4) is 0 Å². The van der Waals surface area contributed by atoms with Crippen LogP contribution < -0.4 is 0 Å². The molecule has 0 unspecified atom stereocenters. The summed E-state index contributed by atoms with van der Waals surface area (Å²) in [5, 5.41) is 20.4. The summed E-state index contributed by atoms with van der Waals surface area (Å²) < 4.78 is 2.08. The largest absolute Gasteiger partial charge is 0.478 e. The first-order valence-electron chi connectivity index (χ1n) is 10.6. The second-order valence-electron chi connectivity index (χ2n) is 8.62. The molecular formula is C24H26N2O3. The number of rotatable bonds is 5. The Morgan fingerprint density at radius 3 is 2.31 bits per heavy atom. The van der Waals surface area contributed by atoms with Gasteiger partial charge in [-0.3, -0.25) is 0 Å². The lowest BCUT2D eigenvalue weighted by molar-refractivity contribution is 0.0696. The van der Waals surface area contributed by atoms with Crippen molar-refractivity contribution in [2.75, 3.05) is 0 Å². The van der Waals surface area contributed by atoms with Gasteiger partial charge in [0.2, 0.25) is 0 Å². The van der Waals surface area contributed by atoms with Gasteiger partial charge in [0, 0.05) is 0 Å². The van der Waals surface area contributed by atoms with E-state index in [0.29, 0.717) is 17.4 Å². The summed E-state index contributed by atoms with van der Waals surface area (Å²) in [7, 11) is 0. The zero-order valence-electron chi connectivity index (χ0n) is 16.4. The molecule has 2 N–H and O–H groups in total. The molecule has 5 heteroatoms. The lowest BCUT2D eigenvalue weighted by Crippen LogP contribution is -2.22. The molecule has 2 heterocycles. The van der Waals surface area contributed by atoms with Gasteiger partial charge in [-0.2, -0.15) is 0 Å². The zero-order chi connectivity index (χ0) is 20.0. The molecule has 0 aliphatic heterocycles. The lowest BCUT2D eigenvalue weighted by atomic mass is 9.75. The molecule has 0 bridgehead atoms. The van der Waals surface area contributed by atoms with Crippen LogP contribution in [0.5, 0.6) is 0 Å². The minimum absolute atomic E-state index is 0.245. The van der Waals surface area contributed by atoms with Crippen molar-refractivity contribution in [1.29, 1.82) is 0 Å². The number of nitrogens with zero attached hydrogens (tertiary/aromatic N) is 2. The second kappa shape index (κ2) is 7.30. The molecule has 2 aliphatic rings. The van der Waals surface area contributed by atoms with Gasteiger partial charge in [-0.1, -0.05) is 18.2 Å². The van der Waals surface area contributed by atoms with Crippen LogP contribution in [0.1, 0.15) is 83.6 Å². The lowest BCUT2D eigenvalue weighted by Gasteiger charge is -2.33. The topological polar surface area (TPSA) is 74.8 Å². The van der Waals surface area contributed by atoms with E-state index >= 15 is 0 Å². The maximum atomic E-state index is 11.4. The van der Waals surface area contributed by atoms with Crippen LogP contribution in [0.2, 0.25) is 0 Å². The number of pyridine rings is 1. The van der Waals surface area contributed by atoms with Gasteiger partial charge in [0.1, 0.15) is 0 Å². The first-order chi connectivity index (χ1) is 14.1. The number of aliphatic hydroxyl groups is 1. The van der Waals surface area contributed by atoms with Gasteiger partial charge in [0.15, 0.2) is 0 Å². The van der Waals surface area contributed by atoms with Gasteiger partial charge >= 0.3 is 5.97 Å². The van der Waals surface area contributed by atoms with Gasteiger partial charge in [0.05, 0.1) is 35.4 Å². The van der Waals surface area contributed by atoms with Gasteiger partial charge in [-0.05, 0) is 85.6 Å². The number of hydrogen-bond acceptors (Lipinski definition) is 3. The molecule has 0 spiro atoms. The number of carboxylic acids is 1. The van der Waals surface area contributed by atoms with Crippen LogP contribution in [-0.4, -0.2) is 25.6 Å². The van der Waals surface area contributed by atoms with Crippen LogP contribution in [-0.2, 0) is 0 Å². The predicted octanol–water partition coefficient (Wildman–Crippen LogP) is 4.92. The first kappa shape index (κ1) is 18.4. The molecule has 29 heavy (non-hydrogen) atoms. The molecule has 2 saturated carbocycles. The zero-order valence-corrected chi connectivity index (χ0v) is 16.4. The Balaban J connectivity index is 1.33. The van der Waals surface area contributed by atoms with Crippen LogP contribution >= 0.6 is 0 Å². The highest BCUT2D eigenvalue weighted by molar-refractivity contribution is 5.87. The second-order valence-corrected chi connectivity index (χ2v) is 8.62. The van der Waals surface area contributed by atoms with E-state index in [-0.39, 0.29) is 5.92 Å². The fourth-order valence-electron chi connectivity index (χ4n) is 4.97. The van der Waals surface area contributed by atoms with Crippen molar-refractivity contribution < 1.29 is 15.0 Å². The normalized spacial score (nSPS) is 23.2. The van der Waals surface area contributed by atoms with E-state index in [1.807, 2.05) is 24.7 Å². The molecule has 0 amide bonds. The van der Waals surface area contributed by atoms with E-state index in [2.05, 4.69) is 21.5 Å². The van der Waals surface area contributed by atoms with E-state index < -0.39 is 12.1 Å². The van der Waals surface area contributed by atoms with Crippen molar-refractivity contribution in [2.24, 2.45) is 5.92 Å². The highest BCUT2D eigenvalue weighted by atomic mass is 16.4. The van der Waals surface area contributed by atoms with Crippen molar-refractivity contribution >= 4 is 11.5 Å². The number of hydrogen-bond donors (Lipinski definition) is 2. The van der Waals surface area contributed by atoms with E-state index in [1.54, 1.807) is 12.1 Å². The van der Waals surface area contributed by atoms with Gasteiger partial charge in [-0.25, -0.2) is 9.78 Å². The molecule has 2 aromatic heterocycles. The average molecular weight is 390 g/mol. The Morgan fingerprint density at radius 1 is 0.966 bits per heavy atom. The summed E-state index contributed by atoms with van der Waals surface area (Å²) in [6.45, 7) is 0. The third-order valence-corrected chi connectivity index (χ3v) is 6.80. The number of aromatic carboxylic acids is 1. The van der Waals surface area contributed by atoms with E-state index in [1.165, 1.54) is 24.0 Å². The molecular weight excluding hydrogens is 364 g/mol. The highest BCUT2D eigenvalue weighted by Crippen LogP contribution is 2.47. The van der Waals surface area contributed by atoms with Gasteiger partial charge < -0.3 is 14.6 Å². The summed E-state index contributed by atoms with van der Waals surface area (Å²) >= 11 is 0.